The van der Waals surface area contributed by atoms with Gasteiger partial charge in [-0.15, -0.1) is 0 Å². The van der Waals surface area contributed by atoms with Crippen LogP contribution in [0.2, 0.25) is 0 Å². The molecule has 0 heterocycles. The van der Waals surface area contributed by atoms with Gasteiger partial charge >= 0.3 is 29.8 Å². The van der Waals surface area contributed by atoms with E-state index in [4.69, 9.17) is 23.7 Å². The molecule has 0 aromatic rings. The summed E-state index contributed by atoms with van der Waals surface area (Å²) in [4.78, 5) is 58.8. The summed E-state index contributed by atoms with van der Waals surface area (Å²) in [6, 6.07) is 0. The van der Waals surface area contributed by atoms with Crippen molar-refractivity contribution in [3.05, 3.63) is 12.2 Å². The third-order valence-electron chi connectivity index (χ3n) is 10.1. The topological polar surface area (TPSA) is 164 Å². The van der Waals surface area contributed by atoms with Crippen LogP contribution in [-0.4, -0.2) is 117 Å². The van der Waals surface area contributed by atoms with Gasteiger partial charge in [0.15, 0.2) is 6.54 Å². The molecule has 0 aliphatic rings. The van der Waals surface area contributed by atoms with Crippen LogP contribution in [0.15, 0.2) is 12.2 Å². The summed E-state index contributed by atoms with van der Waals surface area (Å²) in [5, 5.41) is 13.9. The zero-order valence-electron chi connectivity index (χ0n) is 38.3. The van der Waals surface area contributed by atoms with Crippen molar-refractivity contribution in [2.45, 2.75) is 194 Å². The Kier molecular flexibility index (Phi) is 33.9. The smallest absolute Gasteiger partial charge is 0.362 e. The third kappa shape index (κ3) is 37.7. The number of hydrogen-bond donors (Lipinski definition) is 2. The van der Waals surface area contributed by atoms with Crippen molar-refractivity contribution in [1.82, 2.24) is 5.32 Å². The van der Waals surface area contributed by atoms with Crippen LogP contribution < -0.4 is 5.32 Å². The predicted octanol–water partition coefficient (Wildman–Crippen LogP) is 8.07. The Morgan fingerprint density at radius 1 is 0.644 bits per heavy atom. The van der Waals surface area contributed by atoms with Gasteiger partial charge < -0.3 is 33.3 Å². The maximum atomic E-state index is 12.7. The van der Waals surface area contributed by atoms with Gasteiger partial charge in [-0.3, -0.25) is 24.5 Å². The fraction of sp³-hybridized carbons (Fsp3) is 0.848. The van der Waals surface area contributed by atoms with Crippen molar-refractivity contribution in [2.75, 3.05) is 60.2 Å². The van der Waals surface area contributed by atoms with Gasteiger partial charge in [0.05, 0.1) is 40.0 Å². The minimum absolute atomic E-state index is 0.0865. The Bertz CT molecular complexity index is 1160. The van der Waals surface area contributed by atoms with Gasteiger partial charge in [-0.25, -0.2) is 4.79 Å². The van der Waals surface area contributed by atoms with Gasteiger partial charge in [-0.1, -0.05) is 103 Å². The van der Waals surface area contributed by atoms with Gasteiger partial charge in [-0.2, -0.15) is 0 Å². The van der Waals surface area contributed by atoms with E-state index in [0.29, 0.717) is 43.5 Å². The molecule has 13 nitrogen and oxygen atoms in total. The predicted molar refractivity (Wildman–Crippen MR) is 231 cm³/mol. The van der Waals surface area contributed by atoms with E-state index in [1.807, 2.05) is 34.0 Å². The fourth-order valence-corrected chi connectivity index (χ4v) is 6.32. The van der Waals surface area contributed by atoms with Crippen molar-refractivity contribution in [2.24, 2.45) is 0 Å². The minimum atomic E-state index is -0.758. The van der Waals surface area contributed by atoms with Crippen LogP contribution in [0.4, 0.5) is 0 Å². The molecule has 0 spiro atoms. The number of hydrogen-bond acceptors (Lipinski definition) is 12. The van der Waals surface area contributed by atoms with Crippen molar-refractivity contribution in [1.29, 1.82) is 0 Å². The number of aliphatic hydroxyl groups is 1. The number of ether oxygens (including phenoxy) is 5. The highest BCUT2D eigenvalue weighted by Gasteiger charge is 2.27. The first-order valence-electron chi connectivity index (χ1n) is 22.7. The summed E-state index contributed by atoms with van der Waals surface area (Å²) in [6.45, 7) is 10.6. The lowest BCUT2D eigenvalue weighted by atomic mass is 10.0. The van der Waals surface area contributed by atoms with Crippen molar-refractivity contribution in [3.63, 3.8) is 0 Å². The molecule has 2 unspecified atom stereocenters. The number of allylic oxidation sites excluding steroid dienone is 1. The summed E-state index contributed by atoms with van der Waals surface area (Å²) in [6.07, 6.45) is 24.2. The number of nitrogens with one attached hydrogen (secondary N) is 1. The second kappa shape index (κ2) is 35.7. The summed E-state index contributed by atoms with van der Waals surface area (Å²) < 4.78 is 26.8. The van der Waals surface area contributed by atoms with Crippen LogP contribution in [-0.2, 0) is 47.7 Å². The van der Waals surface area contributed by atoms with Crippen LogP contribution in [0.1, 0.15) is 176 Å². The lowest BCUT2D eigenvalue weighted by Crippen LogP contribution is -2.47. The van der Waals surface area contributed by atoms with E-state index >= 15 is 0 Å². The highest BCUT2D eigenvalue weighted by atomic mass is 16.6. The highest BCUT2D eigenvalue weighted by molar-refractivity contribution is 5.72. The molecule has 0 fully saturated rings. The van der Waals surface area contributed by atoms with Crippen LogP contribution in [0.3, 0.4) is 0 Å². The van der Waals surface area contributed by atoms with E-state index in [2.05, 4.69) is 18.3 Å². The Balaban J connectivity index is 3.82. The molecule has 344 valence electrons. The summed E-state index contributed by atoms with van der Waals surface area (Å²) in [5.41, 5.74) is -0.491. The average molecular weight is 842 g/mol. The van der Waals surface area contributed by atoms with Crippen LogP contribution in [0, 0.1) is 0 Å². The molecular weight excluding hydrogens is 757 g/mol. The minimum Gasteiger partial charge on any atom is -0.466 e. The Labute approximate surface area is 357 Å². The molecule has 0 amide bonds. The van der Waals surface area contributed by atoms with Gasteiger partial charge in [0, 0.05) is 25.8 Å². The molecule has 59 heavy (non-hydrogen) atoms. The lowest BCUT2D eigenvalue weighted by molar-refractivity contribution is -0.883. The lowest BCUT2D eigenvalue weighted by Gasteiger charge is -2.30. The first-order valence-corrected chi connectivity index (χ1v) is 22.7. The van der Waals surface area contributed by atoms with E-state index in [0.717, 1.165) is 96.3 Å². The second-order valence-corrected chi connectivity index (χ2v) is 17.3. The van der Waals surface area contributed by atoms with Crippen LogP contribution in [0.5, 0.6) is 0 Å². The number of likely N-dealkylation sites (N-methyl/N-ethyl adjacent to an activating group) is 1. The monoisotopic (exact) mass is 842 g/mol. The molecule has 0 saturated heterocycles. The van der Waals surface area contributed by atoms with Crippen LogP contribution >= 0.6 is 0 Å². The number of quaternary nitrogens is 1. The number of unbranched alkanes of at least 4 members (excludes halogenated alkanes) is 16. The second-order valence-electron chi connectivity index (χ2n) is 17.3. The number of esters is 5. The van der Waals surface area contributed by atoms with E-state index in [1.54, 1.807) is 0 Å². The standard InChI is InChI=1S/C46H85N2O11/c1-8-9-24-30-42(59-45(54)37-48(6,7)32-35-55-39(2)49)41(51)29-25-20-16-12-13-17-21-26-31-43(52)56-33-27-22-18-14-10-11-15-19-23-28-34-57-44(53)36-47-46(4,5)38-58-40(3)50/h20,25,41-42,47,51H,8-19,21-24,26-38H2,1-7H3/q+1. The third-order valence-corrected chi connectivity index (χ3v) is 10.1. The molecule has 2 N–H and O–H groups in total. The molecular formula is C46H85N2O11+. The van der Waals surface area contributed by atoms with Gasteiger partial charge in [-0.05, 0) is 65.2 Å². The molecule has 0 radical (unpaired) electrons. The van der Waals surface area contributed by atoms with Crippen molar-refractivity contribution in [3.8, 4) is 0 Å². The largest absolute Gasteiger partial charge is 0.466 e. The number of nitrogens with zero attached hydrogens (tertiary/aromatic N) is 1. The molecule has 0 saturated carbocycles. The van der Waals surface area contributed by atoms with Crippen molar-refractivity contribution < 1.29 is 57.2 Å². The maximum absolute atomic E-state index is 12.7. The molecule has 13 heteroatoms. The Morgan fingerprint density at radius 2 is 1.19 bits per heavy atom. The van der Waals surface area contributed by atoms with Gasteiger partial charge in [0.1, 0.15) is 25.9 Å². The summed E-state index contributed by atoms with van der Waals surface area (Å²) >= 11 is 0. The van der Waals surface area contributed by atoms with Gasteiger partial charge in [0.2, 0.25) is 0 Å². The van der Waals surface area contributed by atoms with E-state index < -0.39 is 17.7 Å². The fourth-order valence-electron chi connectivity index (χ4n) is 6.32. The number of carbonyl (C=O) groups is 5. The van der Waals surface area contributed by atoms with Crippen LogP contribution in [0.25, 0.3) is 0 Å². The average Bonchev–Trinajstić information content (AvgIpc) is 3.16. The molecule has 0 aromatic heterocycles. The first-order chi connectivity index (χ1) is 28.1. The SMILES string of the molecule is CCCCCC(OC(=O)C[N+](C)(C)CCOC(C)=O)C(O)CC=CCCCCCCCC(=O)OCCCCCCCCCCCCOC(=O)CNC(C)(C)COC(C)=O. The van der Waals surface area contributed by atoms with E-state index in [-0.39, 0.29) is 56.1 Å². The Morgan fingerprint density at radius 3 is 1.76 bits per heavy atom. The van der Waals surface area contributed by atoms with E-state index in [9.17, 15) is 29.1 Å². The highest BCUT2D eigenvalue weighted by Crippen LogP contribution is 2.16. The zero-order chi connectivity index (χ0) is 44.2. The van der Waals surface area contributed by atoms with E-state index in [1.165, 1.54) is 39.5 Å². The molecule has 2 atom stereocenters. The normalized spacial score (nSPS) is 12.9. The number of aliphatic hydroxyl groups excluding tert-OH is 1. The summed E-state index contributed by atoms with van der Waals surface area (Å²) in [5.74, 6) is -1.45. The molecule has 0 rings (SSSR count). The quantitative estimate of drug-likeness (QED) is 0.0201. The first kappa shape index (κ1) is 56.0. The molecule has 0 aromatic carbocycles. The molecule has 0 aliphatic carbocycles. The number of carbonyl (C=O) groups excluding carboxylic acids is 5. The van der Waals surface area contributed by atoms with Crippen molar-refractivity contribution >= 4 is 29.8 Å². The summed E-state index contributed by atoms with van der Waals surface area (Å²) in [7, 11) is 3.77. The zero-order valence-corrected chi connectivity index (χ0v) is 38.3. The molecule has 0 aliphatic heterocycles. The Hall–Kier alpha value is -3.03. The maximum Gasteiger partial charge on any atom is 0.362 e. The van der Waals surface area contributed by atoms with Gasteiger partial charge in [0.25, 0.3) is 0 Å². The molecule has 0 bridgehead atoms. The number of rotatable bonds is 39.